The van der Waals surface area contributed by atoms with E-state index in [9.17, 15) is 29.6 Å². The van der Waals surface area contributed by atoms with E-state index in [1.807, 2.05) is 6.07 Å². The van der Waals surface area contributed by atoms with Gasteiger partial charge in [0.05, 0.1) is 32.8 Å². The predicted molar refractivity (Wildman–Crippen MR) is 148 cm³/mol. The number of benzene rings is 3. The molecule has 0 aliphatic carbocycles. The molecule has 0 amide bonds. The van der Waals surface area contributed by atoms with Crippen molar-refractivity contribution in [3.05, 3.63) is 74.9 Å². The first-order chi connectivity index (χ1) is 16.8. The maximum atomic E-state index is 12.9. The summed E-state index contributed by atoms with van der Waals surface area (Å²) in [4.78, 5) is -0.0390. The Balaban J connectivity index is 0.000000278. The number of sulfone groups is 3. The molecule has 0 bridgehead atoms. The van der Waals surface area contributed by atoms with Crippen molar-refractivity contribution in [1.82, 2.24) is 0 Å². The van der Waals surface area contributed by atoms with Crippen LogP contribution in [-0.2, 0) is 29.5 Å². The highest BCUT2D eigenvalue weighted by atomic mass is 79.9. The lowest BCUT2D eigenvalue weighted by Gasteiger charge is -2.02. The van der Waals surface area contributed by atoms with Gasteiger partial charge in [-0.1, -0.05) is 31.9 Å². The predicted octanol–water partition coefficient (Wildman–Crippen LogP) is 3.97. The minimum atomic E-state index is -3.45. The van der Waals surface area contributed by atoms with Crippen LogP contribution < -0.4 is 11.5 Å². The normalized spacial score (nSPS) is 11.3. The molecule has 0 aromatic heterocycles. The largest absolute Gasteiger partial charge is 0.398 e. The fraction of sp³-hybridized carbons (Fsp3) is 0.136. The molecule has 15 heteroatoms. The molecule has 3 aromatic rings. The molecular formula is C22H22Br2FN3O6S3. The van der Waals surface area contributed by atoms with Crippen molar-refractivity contribution in [2.24, 2.45) is 0 Å². The average molecular weight is 699 g/mol. The van der Waals surface area contributed by atoms with Gasteiger partial charge in [0.15, 0.2) is 29.5 Å². The van der Waals surface area contributed by atoms with Gasteiger partial charge in [-0.25, -0.2) is 29.6 Å². The first kappa shape index (κ1) is 32.5. The lowest BCUT2D eigenvalue weighted by atomic mass is 10.2. The second-order valence-electron chi connectivity index (χ2n) is 7.44. The third-order valence-corrected chi connectivity index (χ3v) is 8.66. The van der Waals surface area contributed by atoms with Crippen LogP contribution in [0.1, 0.15) is 5.56 Å². The summed E-state index contributed by atoms with van der Waals surface area (Å²) in [5.41, 5.74) is 11.7. The number of nitrogens with two attached hydrogens (primary N) is 2. The molecule has 200 valence electrons. The number of hydrogen-bond acceptors (Lipinski definition) is 9. The minimum absolute atomic E-state index is 0.0616. The molecule has 0 aliphatic rings. The molecule has 0 fully saturated rings. The van der Waals surface area contributed by atoms with Gasteiger partial charge in [-0.15, -0.1) is 0 Å². The third-order valence-electron chi connectivity index (χ3n) is 4.20. The van der Waals surface area contributed by atoms with Gasteiger partial charge in [0.2, 0.25) is 0 Å². The summed E-state index contributed by atoms with van der Waals surface area (Å²) < 4.78 is 80.4. The standard InChI is InChI=1S/C8H8N2O2S.C7H6BrFO2S.C7H8BrNO2S/c1-13(11,12)8-3-2-6(5-9)4-7(8)10;2*1-12(10,11)7-3-2-5(8)4-6(7)9/h2-4H,10H2,1H3;2-4H,1H3;2-4H,9H2,1H3. The highest BCUT2D eigenvalue weighted by Gasteiger charge is 2.13. The third kappa shape index (κ3) is 10.4. The molecule has 0 radical (unpaired) electrons. The van der Waals surface area contributed by atoms with Gasteiger partial charge >= 0.3 is 0 Å². The van der Waals surface area contributed by atoms with E-state index in [2.05, 4.69) is 31.9 Å². The van der Waals surface area contributed by atoms with Crippen LogP contribution in [-0.4, -0.2) is 44.0 Å². The van der Waals surface area contributed by atoms with Crippen LogP contribution in [0.3, 0.4) is 0 Å². The van der Waals surface area contributed by atoms with Gasteiger partial charge in [-0.05, 0) is 54.6 Å². The van der Waals surface area contributed by atoms with Gasteiger partial charge in [0.25, 0.3) is 0 Å². The molecule has 0 saturated heterocycles. The summed E-state index contributed by atoms with van der Waals surface area (Å²) >= 11 is 6.22. The summed E-state index contributed by atoms with van der Waals surface area (Å²) in [6.45, 7) is 0. The lowest BCUT2D eigenvalue weighted by molar-refractivity contribution is 0.570. The summed E-state index contributed by atoms with van der Waals surface area (Å²) in [6.07, 6.45) is 3.18. The zero-order valence-electron chi connectivity index (χ0n) is 19.6. The number of nitrogen functional groups attached to an aromatic ring is 2. The van der Waals surface area contributed by atoms with E-state index < -0.39 is 35.3 Å². The van der Waals surface area contributed by atoms with Crippen molar-refractivity contribution in [3.63, 3.8) is 0 Å². The fourth-order valence-corrected chi connectivity index (χ4v) is 5.63. The summed E-state index contributed by atoms with van der Waals surface area (Å²) in [5, 5.41) is 8.50. The van der Waals surface area contributed by atoms with Crippen molar-refractivity contribution in [1.29, 1.82) is 5.26 Å². The average Bonchev–Trinajstić information content (AvgIpc) is 2.71. The van der Waals surface area contributed by atoms with Crippen LogP contribution in [0.15, 0.2) is 78.2 Å². The van der Waals surface area contributed by atoms with Crippen LogP contribution in [0.25, 0.3) is 0 Å². The van der Waals surface area contributed by atoms with Crippen molar-refractivity contribution in [2.75, 3.05) is 30.2 Å². The van der Waals surface area contributed by atoms with Crippen LogP contribution in [0.2, 0.25) is 0 Å². The van der Waals surface area contributed by atoms with Crippen molar-refractivity contribution < 1.29 is 29.6 Å². The maximum Gasteiger partial charge on any atom is 0.178 e. The summed E-state index contributed by atoms with van der Waals surface area (Å²) in [5.74, 6) is -0.730. The van der Waals surface area contributed by atoms with Crippen LogP contribution in [0, 0.1) is 17.1 Å². The molecule has 0 unspecified atom stereocenters. The zero-order valence-corrected chi connectivity index (χ0v) is 25.2. The van der Waals surface area contributed by atoms with Crippen molar-refractivity contribution in [3.8, 4) is 6.07 Å². The van der Waals surface area contributed by atoms with Gasteiger partial charge in [-0.2, -0.15) is 5.26 Å². The van der Waals surface area contributed by atoms with E-state index in [1.54, 1.807) is 12.1 Å². The van der Waals surface area contributed by atoms with E-state index in [0.717, 1.165) is 29.3 Å². The van der Waals surface area contributed by atoms with E-state index in [-0.39, 0.29) is 26.1 Å². The highest BCUT2D eigenvalue weighted by molar-refractivity contribution is 9.10. The smallest absolute Gasteiger partial charge is 0.178 e. The molecule has 0 aliphatic heterocycles. The van der Waals surface area contributed by atoms with Gasteiger partial charge in [-0.3, -0.25) is 0 Å². The monoisotopic (exact) mass is 697 g/mol. The summed E-state index contributed by atoms with van der Waals surface area (Å²) in [7, 11) is -9.94. The molecule has 3 aromatic carbocycles. The summed E-state index contributed by atoms with van der Waals surface area (Å²) in [6, 6.07) is 14.5. The van der Waals surface area contributed by atoms with E-state index in [4.69, 9.17) is 16.7 Å². The van der Waals surface area contributed by atoms with E-state index in [1.165, 1.54) is 36.4 Å². The van der Waals surface area contributed by atoms with Crippen LogP contribution in [0.5, 0.6) is 0 Å². The van der Waals surface area contributed by atoms with Gasteiger partial charge < -0.3 is 11.5 Å². The minimum Gasteiger partial charge on any atom is -0.398 e. The number of rotatable bonds is 3. The Bertz CT molecular complexity index is 1590. The lowest BCUT2D eigenvalue weighted by Crippen LogP contribution is -2.02. The maximum absolute atomic E-state index is 12.9. The Kier molecular flexibility index (Phi) is 11.3. The molecule has 4 N–H and O–H groups in total. The van der Waals surface area contributed by atoms with Gasteiger partial charge in [0, 0.05) is 27.7 Å². The molecule has 0 atom stereocenters. The van der Waals surface area contributed by atoms with Crippen molar-refractivity contribution >= 4 is 72.7 Å². The number of nitriles is 1. The van der Waals surface area contributed by atoms with Crippen molar-refractivity contribution in [2.45, 2.75) is 14.7 Å². The molecule has 0 heterocycles. The van der Waals surface area contributed by atoms with E-state index >= 15 is 0 Å². The second-order valence-corrected chi connectivity index (χ2v) is 15.2. The molecule has 9 nitrogen and oxygen atoms in total. The Labute approximate surface area is 232 Å². The Hall–Kier alpha value is -2.51. The molecule has 0 spiro atoms. The SMILES string of the molecule is CS(=O)(=O)c1ccc(Br)cc1F.CS(=O)(=O)c1ccc(Br)cc1N.CS(=O)(=O)c1ccc(C#N)cc1N. The quantitative estimate of drug-likeness (QED) is 0.383. The number of hydrogen-bond donors (Lipinski definition) is 2. The first-order valence-electron chi connectivity index (χ1n) is 9.67. The number of nitrogens with zero attached hydrogens (tertiary/aromatic N) is 1. The number of halogens is 3. The highest BCUT2D eigenvalue weighted by Crippen LogP contribution is 2.22. The van der Waals surface area contributed by atoms with Gasteiger partial charge in [0.1, 0.15) is 10.7 Å². The zero-order chi connectivity index (χ0) is 28.8. The Morgan fingerprint density at radius 1 is 0.676 bits per heavy atom. The topological polar surface area (TPSA) is 178 Å². The van der Waals surface area contributed by atoms with Crippen LogP contribution in [0.4, 0.5) is 15.8 Å². The molecule has 0 saturated carbocycles. The molecule has 3 rings (SSSR count). The first-order valence-corrected chi connectivity index (χ1v) is 16.9. The molecular weight excluding hydrogens is 677 g/mol. The Morgan fingerprint density at radius 3 is 1.41 bits per heavy atom. The van der Waals surface area contributed by atoms with E-state index in [0.29, 0.717) is 10.0 Å². The number of anilines is 2. The fourth-order valence-electron chi connectivity index (χ4n) is 2.59. The van der Waals surface area contributed by atoms with Crippen LogP contribution >= 0.6 is 31.9 Å². The second kappa shape index (κ2) is 12.8. The molecule has 37 heavy (non-hydrogen) atoms. The Morgan fingerprint density at radius 2 is 1.05 bits per heavy atom.